The maximum Gasteiger partial charge on any atom is 0.511 e. The second-order valence-corrected chi connectivity index (χ2v) is 7.17. The third-order valence-electron chi connectivity index (χ3n) is 3.42. The predicted octanol–water partition coefficient (Wildman–Crippen LogP) is 3.06. The first-order chi connectivity index (χ1) is 12.1. The van der Waals surface area contributed by atoms with Crippen LogP contribution in [0.1, 0.15) is 30.9 Å². The normalized spacial score (nSPS) is 11.6. The summed E-state index contributed by atoms with van der Waals surface area (Å²) in [6, 6.07) is 8.54. The van der Waals surface area contributed by atoms with Crippen molar-refractivity contribution < 1.29 is 26.2 Å². The van der Waals surface area contributed by atoms with Crippen LogP contribution < -0.4 is 9.71 Å². The molecule has 5 nitrogen and oxygen atoms in total. The molecular formula is C17H23F3N3O2S+. The Balaban J connectivity index is 0.000000359. The molecule has 0 spiro atoms. The highest BCUT2D eigenvalue weighted by atomic mass is 32.2. The van der Waals surface area contributed by atoms with Gasteiger partial charge in [0.05, 0.1) is 6.54 Å². The molecule has 144 valence electrons. The summed E-state index contributed by atoms with van der Waals surface area (Å²) in [6.45, 7) is 8.03. The monoisotopic (exact) mass is 390 g/mol. The zero-order chi connectivity index (χ0) is 19.8. The minimum absolute atomic E-state index is 0.927. The topological polar surface area (TPSA) is 69.0 Å². The molecule has 0 saturated heterocycles. The maximum absolute atomic E-state index is 10.8. The molecule has 0 radical (unpaired) electrons. The number of aryl methyl sites for hydroxylation is 1. The van der Waals surface area contributed by atoms with E-state index in [1.54, 1.807) is 0 Å². The Morgan fingerprint density at radius 3 is 2.31 bits per heavy atom. The van der Waals surface area contributed by atoms with Gasteiger partial charge in [-0.3, -0.25) is 0 Å². The minimum atomic E-state index is -5.34. The highest BCUT2D eigenvalue weighted by molar-refractivity contribution is 7.90. The van der Waals surface area contributed by atoms with E-state index < -0.39 is 15.5 Å². The highest BCUT2D eigenvalue weighted by Gasteiger charge is 2.42. The van der Waals surface area contributed by atoms with Crippen LogP contribution in [0.2, 0.25) is 0 Å². The third kappa shape index (κ3) is 7.40. The summed E-state index contributed by atoms with van der Waals surface area (Å²) in [5.74, 6) is 0. The van der Waals surface area contributed by atoms with Gasteiger partial charge < -0.3 is 0 Å². The molecule has 2 aromatic rings. The van der Waals surface area contributed by atoms with Crippen molar-refractivity contribution in [3.05, 3.63) is 60.7 Å². The number of hydrogen-bond acceptors (Lipinski definition) is 2. The Morgan fingerprint density at radius 2 is 1.85 bits per heavy atom. The molecule has 0 atom stereocenters. The number of sulfonamides is 1. The van der Waals surface area contributed by atoms with Crippen LogP contribution in [0.25, 0.3) is 6.08 Å². The van der Waals surface area contributed by atoms with Crippen molar-refractivity contribution in [1.29, 1.82) is 0 Å². The Morgan fingerprint density at radius 1 is 1.27 bits per heavy atom. The van der Waals surface area contributed by atoms with Gasteiger partial charge in [-0.15, -0.1) is 0 Å². The van der Waals surface area contributed by atoms with Crippen molar-refractivity contribution in [2.45, 2.75) is 38.4 Å². The lowest BCUT2D eigenvalue weighted by molar-refractivity contribution is -0.687. The zero-order valence-corrected chi connectivity index (χ0v) is 15.3. The van der Waals surface area contributed by atoms with Crippen molar-refractivity contribution in [3.63, 3.8) is 0 Å². The lowest BCUT2D eigenvalue weighted by Crippen LogP contribution is -2.31. The number of unbranched alkanes of at least 4 members (excludes halogenated alkanes) is 1. The molecule has 2 N–H and O–H groups in total. The quantitative estimate of drug-likeness (QED) is 0.771. The molecule has 1 aromatic carbocycles. The van der Waals surface area contributed by atoms with Gasteiger partial charge in [-0.2, -0.15) is 13.2 Å². The fraction of sp³-hybridized carbons (Fsp3) is 0.353. The van der Waals surface area contributed by atoms with E-state index in [4.69, 9.17) is 0 Å². The molecule has 2 rings (SSSR count). The van der Waals surface area contributed by atoms with Crippen LogP contribution in [-0.4, -0.2) is 18.5 Å². The Labute approximate surface area is 151 Å². The third-order valence-corrected chi connectivity index (χ3v) is 4.06. The second kappa shape index (κ2) is 9.54. The molecule has 0 aliphatic carbocycles. The van der Waals surface area contributed by atoms with Crippen molar-refractivity contribution in [2.75, 3.05) is 0 Å². The molecule has 9 heteroatoms. The smallest absolute Gasteiger partial charge is 0.237 e. The number of nitrogens with zero attached hydrogens (tertiary/aromatic N) is 2. The number of imidazole rings is 1. The Bertz CT molecular complexity index is 797. The number of rotatable bonds is 6. The minimum Gasteiger partial charge on any atom is -0.237 e. The molecule has 26 heavy (non-hydrogen) atoms. The summed E-state index contributed by atoms with van der Waals surface area (Å²) in [5, 5.41) is 3.66. The van der Waals surface area contributed by atoms with Crippen LogP contribution in [0, 0.1) is 0 Å². The van der Waals surface area contributed by atoms with E-state index in [1.165, 1.54) is 24.0 Å². The summed E-state index contributed by atoms with van der Waals surface area (Å²) < 4.78 is 55.6. The molecule has 1 heterocycles. The number of halogens is 3. The summed E-state index contributed by atoms with van der Waals surface area (Å²) in [5.41, 5.74) is -2.82. The van der Waals surface area contributed by atoms with Gasteiger partial charge in [0.15, 0.2) is 0 Å². The van der Waals surface area contributed by atoms with Gasteiger partial charge in [-0.1, -0.05) is 50.3 Å². The number of benzene rings is 1. The fourth-order valence-electron chi connectivity index (χ4n) is 1.98. The first-order valence-corrected chi connectivity index (χ1v) is 9.46. The average molecular weight is 390 g/mol. The molecule has 0 saturated carbocycles. The Hall–Kier alpha value is -2.13. The summed E-state index contributed by atoms with van der Waals surface area (Å²) in [7, 11) is -5.34. The first-order valence-electron chi connectivity index (χ1n) is 7.92. The van der Waals surface area contributed by atoms with Gasteiger partial charge in [0.1, 0.15) is 18.9 Å². The summed E-state index contributed by atoms with van der Waals surface area (Å²) in [4.78, 5) is 0. The van der Waals surface area contributed by atoms with Crippen LogP contribution in [0.15, 0.2) is 49.6 Å². The van der Waals surface area contributed by atoms with E-state index in [2.05, 4.69) is 70.8 Å². The van der Waals surface area contributed by atoms with E-state index in [1.807, 2.05) is 6.08 Å². The lowest BCUT2D eigenvalue weighted by atomic mass is 10.1. The van der Waals surface area contributed by atoms with Gasteiger partial charge >= 0.3 is 15.5 Å². The molecule has 0 bridgehead atoms. The second-order valence-electron chi connectivity index (χ2n) is 5.61. The van der Waals surface area contributed by atoms with Crippen LogP contribution >= 0.6 is 0 Å². The number of nitrogens with two attached hydrogens (primary N) is 1. The van der Waals surface area contributed by atoms with Crippen LogP contribution in [0.5, 0.6) is 0 Å². The largest absolute Gasteiger partial charge is 0.511 e. The molecule has 1 aromatic heterocycles. The summed E-state index contributed by atoms with van der Waals surface area (Å²) in [6.07, 6.45) is 10.8. The maximum atomic E-state index is 10.8. The molecule has 0 aliphatic heterocycles. The average Bonchev–Trinajstić information content (AvgIpc) is 3.00. The van der Waals surface area contributed by atoms with E-state index in [0.29, 0.717) is 0 Å². The Kier molecular flexibility index (Phi) is 8.04. The fourth-order valence-corrected chi connectivity index (χ4v) is 1.98. The van der Waals surface area contributed by atoms with Crippen molar-refractivity contribution in [1.82, 2.24) is 4.57 Å². The number of primary sulfonamides is 1. The molecule has 0 amide bonds. The van der Waals surface area contributed by atoms with Gasteiger partial charge in [0, 0.05) is 0 Å². The van der Waals surface area contributed by atoms with E-state index in [9.17, 15) is 21.6 Å². The standard InChI is InChI=1S/C16H21N2.CH2F3NO2S/c1-3-5-10-17-11-12-18(14-17)13-16-8-6-15(4-2)7-9-16;2-1(3,4)8(5,6)7/h4,6-9,11-12,14H,2-3,5,10,13H2,1H3;(H2,5,6,7)/q+1;. The SMILES string of the molecule is C=Cc1ccc(C[n+]2ccn(CCCC)c2)cc1.NS(=O)(=O)C(F)(F)F. The van der Waals surface area contributed by atoms with E-state index in [0.717, 1.165) is 13.1 Å². The number of hydrogen-bond donors (Lipinski definition) is 1. The van der Waals surface area contributed by atoms with Crippen LogP contribution in [-0.2, 0) is 23.1 Å². The lowest BCUT2D eigenvalue weighted by Gasteiger charge is -1.99. The van der Waals surface area contributed by atoms with Crippen molar-refractivity contribution in [2.24, 2.45) is 5.14 Å². The molecule has 0 fully saturated rings. The van der Waals surface area contributed by atoms with Crippen molar-refractivity contribution in [3.8, 4) is 0 Å². The van der Waals surface area contributed by atoms with Gasteiger partial charge in [0.25, 0.3) is 0 Å². The van der Waals surface area contributed by atoms with Crippen molar-refractivity contribution >= 4 is 16.1 Å². The highest BCUT2D eigenvalue weighted by Crippen LogP contribution is 2.18. The van der Waals surface area contributed by atoms with Gasteiger partial charge in [-0.05, 0) is 17.5 Å². The predicted molar refractivity (Wildman–Crippen MR) is 94.3 cm³/mol. The van der Waals surface area contributed by atoms with E-state index in [-0.39, 0.29) is 0 Å². The van der Waals surface area contributed by atoms with E-state index >= 15 is 0 Å². The van der Waals surface area contributed by atoms with Gasteiger partial charge in [0.2, 0.25) is 6.33 Å². The molecular weight excluding hydrogens is 367 g/mol. The molecule has 0 aliphatic rings. The zero-order valence-electron chi connectivity index (χ0n) is 14.5. The van der Waals surface area contributed by atoms with Crippen LogP contribution in [0.4, 0.5) is 13.2 Å². The van der Waals surface area contributed by atoms with Crippen LogP contribution in [0.3, 0.4) is 0 Å². The first kappa shape index (κ1) is 21.9. The number of alkyl halides is 3. The number of aromatic nitrogens is 2. The van der Waals surface area contributed by atoms with Gasteiger partial charge in [-0.25, -0.2) is 22.7 Å². The summed E-state index contributed by atoms with van der Waals surface area (Å²) >= 11 is 0. The molecule has 0 unspecified atom stereocenters.